The van der Waals surface area contributed by atoms with E-state index in [0.29, 0.717) is 6.54 Å². The van der Waals surface area contributed by atoms with Crippen molar-refractivity contribution in [1.82, 2.24) is 19.6 Å². The van der Waals surface area contributed by atoms with Crippen molar-refractivity contribution in [3.63, 3.8) is 0 Å². The van der Waals surface area contributed by atoms with E-state index < -0.39 is 0 Å². The average molecular weight is 366 g/mol. The smallest absolute Gasteiger partial charge is 0.226 e. The fourth-order valence-corrected chi connectivity index (χ4v) is 3.15. The number of carbonyl (C=O) groups is 1. The fourth-order valence-electron chi connectivity index (χ4n) is 3.15. The zero-order valence-corrected chi connectivity index (χ0v) is 16.3. The topological polar surface area (TPSA) is 58.9 Å². The summed E-state index contributed by atoms with van der Waals surface area (Å²) in [5, 5.41) is 3.04. The van der Waals surface area contributed by atoms with E-state index in [4.69, 9.17) is 4.74 Å². The predicted octanol–water partition coefficient (Wildman–Crippen LogP) is 2.61. The number of rotatable bonds is 7. The summed E-state index contributed by atoms with van der Waals surface area (Å²) in [7, 11) is 5.66. The predicted molar refractivity (Wildman–Crippen MR) is 106 cm³/mol. The Balaban J connectivity index is 1.63. The lowest BCUT2D eigenvalue weighted by Gasteiger charge is -2.25. The molecular weight excluding hydrogens is 340 g/mol. The van der Waals surface area contributed by atoms with Crippen molar-refractivity contribution in [2.45, 2.75) is 19.4 Å². The maximum atomic E-state index is 12.4. The Labute approximate surface area is 159 Å². The molecule has 2 aromatic heterocycles. The van der Waals surface area contributed by atoms with Gasteiger partial charge in [-0.2, -0.15) is 0 Å². The maximum Gasteiger partial charge on any atom is 0.226 e. The Hall–Kier alpha value is -2.86. The van der Waals surface area contributed by atoms with E-state index in [-0.39, 0.29) is 18.4 Å². The number of hydrogen-bond donors (Lipinski definition) is 1. The molecule has 0 aliphatic heterocycles. The number of fused-ring (bicyclic) bond motifs is 1. The summed E-state index contributed by atoms with van der Waals surface area (Å²) < 4.78 is 7.17. The lowest BCUT2D eigenvalue weighted by molar-refractivity contribution is -0.120. The molecule has 0 aliphatic rings. The molecule has 1 atom stereocenters. The number of nitrogens with one attached hydrogen (secondary N) is 1. The minimum Gasteiger partial charge on any atom is -0.497 e. The number of ether oxygens (including phenoxy) is 1. The highest BCUT2D eigenvalue weighted by atomic mass is 16.5. The first kappa shape index (κ1) is 18.9. The second kappa shape index (κ2) is 8.22. The van der Waals surface area contributed by atoms with Crippen LogP contribution in [0.1, 0.15) is 22.9 Å². The molecule has 0 radical (unpaired) electrons. The molecule has 27 heavy (non-hydrogen) atoms. The van der Waals surface area contributed by atoms with Crippen molar-refractivity contribution in [1.29, 1.82) is 0 Å². The van der Waals surface area contributed by atoms with Crippen molar-refractivity contribution in [2.75, 3.05) is 27.7 Å². The number of nitrogens with zero attached hydrogens (tertiary/aromatic N) is 3. The number of likely N-dealkylation sites (N-methyl/N-ethyl adjacent to an activating group) is 1. The molecule has 3 aromatic rings. The van der Waals surface area contributed by atoms with Gasteiger partial charge in [0.1, 0.15) is 11.4 Å². The van der Waals surface area contributed by atoms with Crippen LogP contribution in [-0.4, -0.2) is 47.9 Å². The number of carbonyl (C=O) groups excluding carboxylic acids is 1. The second-order valence-corrected chi connectivity index (χ2v) is 6.89. The molecule has 1 aromatic carbocycles. The highest BCUT2D eigenvalue weighted by Crippen LogP contribution is 2.20. The van der Waals surface area contributed by atoms with E-state index in [2.05, 4.69) is 15.2 Å². The van der Waals surface area contributed by atoms with Gasteiger partial charge < -0.3 is 19.4 Å². The highest BCUT2D eigenvalue weighted by molar-refractivity contribution is 5.78. The first-order valence-corrected chi connectivity index (χ1v) is 8.98. The molecule has 0 spiro atoms. The number of aryl methyl sites for hydroxylation is 1. The molecule has 2 heterocycles. The lowest BCUT2D eigenvalue weighted by Crippen LogP contribution is -2.35. The molecular formula is C21H26N4O2. The number of hydrogen-bond acceptors (Lipinski definition) is 4. The Morgan fingerprint density at radius 2 is 2.00 bits per heavy atom. The summed E-state index contributed by atoms with van der Waals surface area (Å²) in [5.74, 6) is 0.791. The van der Waals surface area contributed by atoms with Crippen LogP contribution in [0.25, 0.3) is 5.65 Å². The third-order valence-electron chi connectivity index (χ3n) is 4.69. The van der Waals surface area contributed by atoms with Crippen molar-refractivity contribution in [2.24, 2.45) is 0 Å². The van der Waals surface area contributed by atoms with Gasteiger partial charge in [-0.3, -0.25) is 4.79 Å². The van der Waals surface area contributed by atoms with Gasteiger partial charge in [-0.05, 0) is 50.3 Å². The summed E-state index contributed by atoms with van der Waals surface area (Å²) in [6.45, 7) is 2.55. The monoisotopic (exact) mass is 366 g/mol. The summed E-state index contributed by atoms with van der Waals surface area (Å²) in [4.78, 5) is 19.1. The van der Waals surface area contributed by atoms with Crippen LogP contribution >= 0.6 is 0 Å². The van der Waals surface area contributed by atoms with Crippen LogP contribution < -0.4 is 10.1 Å². The first-order chi connectivity index (χ1) is 13.0. The molecule has 142 valence electrons. The molecule has 1 unspecified atom stereocenters. The largest absolute Gasteiger partial charge is 0.497 e. The van der Waals surface area contributed by atoms with Gasteiger partial charge >= 0.3 is 0 Å². The van der Waals surface area contributed by atoms with Crippen molar-refractivity contribution >= 4 is 11.6 Å². The van der Waals surface area contributed by atoms with Gasteiger partial charge in [0.25, 0.3) is 0 Å². The van der Waals surface area contributed by atoms with Gasteiger partial charge in [-0.15, -0.1) is 0 Å². The minimum absolute atomic E-state index is 0.0311. The number of amides is 1. The molecule has 1 amide bonds. The van der Waals surface area contributed by atoms with E-state index >= 15 is 0 Å². The first-order valence-electron chi connectivity index (χ1n) is 8.98. The molecule has 0 aliphatic carbocycles. The van der Waals surface area contributed by atoms with Gasteiger partial charge in [0, 0.05) is 18.9 Å². The van der Waals surface area contributed by atoms with Crippen LogP contribution in [0.4, 0.5) is 0 Å². The number of aromatic nitrogens is 2. The third-order valence-corrected chi connectivity index (χ3v) is 4.69. The average Bonchev–Trinajstić information content (AvgIpc) is 3.06. The second-order valence-electron chi connectivity index (χ2n) is 6.89. The van der Waals surface area contributed by atoms with E-state index in [0.717, 1.165) is 28.2 Å². The number of imidazole rings is 1. The number of benzene rings is 1. The van der Waals surface area contributed by atoms with Gasteiger partial charge in [0.05, 0.1) is 25.3 Å². The van der Waals surface area contributed by atoms with E-state index in [1.165, 1.54) is 0 Å². The molecule has 0 saturated heterocycles. The SMILES string of the molecule is COc1ccc(C(CNC(=O)Cc2cn3cccc(C)c3n2)N(C)C)cc1. The van der Waals surface area contributed by atoms with Crippen molar-refractivity contribution < 1.29 is 9.53 Å². The van der Waals surface area contributed by atoms with Crippen LogP contribution in [0.2, 0.25) is 0 Å². The molecule has 0 saturated carbocycles. The summed E-state index contributed by atoms with van der Waals surface area (Å²) in [6.07, 6.45) is 4.13. The summed E-state index contributed by atoms with van der Waals surface area (Å²) in [6, 6.07) is 12.0. The van der Waals surface area contributed by atoms with Crippen LogP contribution in [0.3, 0.4) is 0 Å². The minimum atomic E-state index is -0.0311. The van der Waals surface area contributed by atoms with Crippen LogP contribution in [0.15, 0.2) is 48.8 Å². The van der Waals surface area contributed by atoms with E-state index in [1.807, 2.05) is 74.2 Å². The lowest BCUT2D eigenvalue weighted by atomic mass is 10.1. The van der Waals surface area contributed by atoms with Crippen molar-refractivity contribution in [3.8, 4) is 5.75 Å². The molecule has 3 rings (SSSR count). The van der Waals surface area contributed by atoms with E-state index in [9.17, 15) is 4.79 Å². The van der Waals surface area contributed by atoms with Gasteiger partial charge in [-0.25, -0.2) is 4.98 Å². The Morgan fingerprint density at radius 1 is 1.26 bits per heavy atom. The fraction of sp³-hybridized carbons (Fsp3) is 0.333. The Bertz CT molecular complexity index is 916. The normalized spacial score (nSPS) is 12.3. The Morgan fingerprint density at radius 3 is 2.63 bits per heavy atom. The maximum absolute atomic E-state index is 12.4. The summed E-state index contributed by atoms with van der Waals surface area (Å²) in [5.41, 5.74) is 3.89. The van der Waals surface area contributed by atoms with Gasteiger partial charge in [0.15, 0.2) is 0 Å². The van der Waals surface area contributed by atoms with Gasteiger partial charge in [-0.1, -0.05) is 18.2 Å². The molecule has 6 heteroatoms. The highest BCUT2D eigenvalue weighted by Gasteiger charge is 2.16. The van der Waals surface area contributed by atoms with E-state index in [1.54, 1.807) is 7.11 Å². The molecule has 0 bridgehead atoms. The quantitative estimate of drug-likeness (QED) is 0.698. The number of pyridine rings is 1. The standard InChI is InChI=1S/C21H26N4O2/c1-15-6-5-11-25-14-17(23-21(15)25)12-20(26)22-13-19(24(2)3)16-7-9-18(27-4)10-8-16/h5-11,14,19H,12-13H2,1-4H3,(H,22,26). The Kier molecular flexibility index (Phi) is 5.76. The summed E-state index contributed by atoms with van der Waals surface area (Å²) >= 11 is 0. The molecule has 1 N–H and O–H groups in total. The van der Waals surface area contributed by atoms with Gasteiger partial charge in [0.2, 0.25) is 5.91 Å². The zero-order chi connectivity index (χ0) is 19.4. The van der Waals surface area contributed by atoms with Crippen LogP contribution in [0, 0.1) is 6.92 Å². The molecule has 0 fully saturated rings. The van der Waals surface area contributed by atoms with Crippen LogP contribution in [-0.2, 0) is 11.2 Å². The molecule has 6 nitrogen and oxygen atoms in total. The third kappa shape index (κ3) is 4.46. The zero-order valence-electron chi connectivity index (χ0n) is 16.3. The van der Waals surface area contributed by atoms with Crippen LogP contribution in [0.5, 0.6) is 5.75 Å². The van der Waals surface area contributed by atoms with Crippen molar-refractivity contribution in [3.05, 3.63) is 65.6 Å². The number of methoxy groups -OCH3 is 1.